The second-order valence-corrected chi connectivity index (χ2v) is 20.6. The lowest BCUT2D eigenvalue weighted by atomic mass is 9.85. The molecule has 400 valence electrons. The number of ether oxygens (including phenoxy) is 3. The lowest BCUT2D eigenvalue weighted by Gasteiger charge is -2.35. The number of hydrogen-bond donors (Lipinski definition) is 6. The third-order valence-electron chi connectivity index (χ3n) is 12.9. The third kappa shape index (κ3) is 14.6. The smallest absolute Gasteiger partial charge is 0.273 e. The van der Waals surface area contributed by atoms with E-state index in [4.69, 9.17) is 18.7 Å². The van der Waals surface area contributed by atoms with Gasteiger partial charge in [-0.25, -0.2) is 4.98 Å². The van der Waals surface area contributed by atoms with Gasteiger partial charge in [-0.2, -0.15) is 0 Å². The van der Waals surface area contributed by atoms with Crippen LogP contribution in [0.5, 0.6) is 5.75 Å². The van der Waals surface area contributed by atoms with Gasteiger partial charge in [0.2, 0.25) is 17.7 Å². The van der Waals surface area contributed by atoms with Gasteiger partial charge in [0.25, 0.3) is 17.7 Å². The number of rotatable bonds is 23. The molecule has 5 aromatic rings. The lowest BCUT2D eigenvalue weighted by Crippen LogP contribution is -2.57. The number of aliphatic hydroxyl groups is 1. The molecule has 0 bridgehead atoms. The molecule has 7 rings (SSSR count). The van der Waals surface area contributed by atoms with Crippen LogP contribution in [-0.4, -0.2) is 151 Å². The standard InChI is InChI=1S/C54H66N8O12S/c1-32-47(75-31-57-32)35-9-7-33(8-10-35)29-56-51(68)43-27-38(63)30-62(43)53(70)48(54(2,3)4)59-46(65)17-19-71-21-23-73-24-22-72-20-18-55-49(66)37-12-11-34-14-16-41(40(34)25-37)58-50(67)42-28-45(74-60-42)36-13-15-39(44(64)26-36)52(69)61(5)6/h7-13,15,25-26,28,31,38,41,43,48,63-64H,14,16-24,27,29-30H2,1-6H3,(H,55,66)(H,56,68)(H,58,67)(H,59,65)/t38-,41-,43+,48?/m1/s1. The number of carbonyl (C=O) groups is 6. The fourth-order valence-corrected chi connectivity index (χ4v) is 9.62. The lowest BCUT2D eigenvalue weighted by molar-refractivity contribution is -0.144. The first-order valence-electron chi connectivity index (χ1n) is 24.9. The van der Waals surface area contributed by atoms with E-state index in [1.165, 1.54) is 28.0 Å². The first-order chi connectivity index (χ1) is 35.9. The minimum absolute atomic E-state index is 0.00949. The van der Waals surface area contributed by atoms with Crippen molar-refractivity contribution in [2.75, 3.05) is 66.8 Å². The van der Waals surface area contributed by atoms with E-state index in [1.54, 1.807) is 49.1 Å². The van der Waals surface area contributed by atoms with Gasteiger partial charge in [0.1, 0.15) is 17.8 Å². The number of aromatic nitrogens is 2. The van der Waals surface area contributed by atoms with Crippen LogP contribution in [0, 0.1) is 12.3 Å². The Hall–Kier alpha value is -7.04. The predicted molar refractivity (Wildman–Crippen MR) is 278 cm³/mol. The molecule has 0 saturated carbocycles. The van der Waals surface area contributed by atoms with E-state index in [2.05, 4.69) is 31.4 Å². The first kappa shape index (κ1) is 55.7. The number of nitrogens with one attached hydrogen (secondary N) is 4. The summed E-state index contributed by atoms with van der Waals surface area (Å²) in [6, 6.07) is 16.9. The number of β-amino-alcohol motifs (C(OH)–C–C–N with tert-alkyl or cyclic N) is 1. The van der Waals surface area contributed by atoms with Crippen molar-refractivity contribution in [3.63, 3.8) is 0 Å². The van der Waals surface area contributed by atoms with Crippen LogP contribution >= 0.6 is 11.3 Å². The van der Waals surface area contributed by atoms with Crippen molar-refractivity contribution in [3.8, 4) is 27.5 Å². The molecule has 1 fully saturated rings. The van der Waals surface area contributed by atoms with E-state index in [0.29, 0.717) is 17.5 Å². The summed E-state index contributed by atoms with van der Waals surface area (Å²) in [5.74, 6) is -2.32. The van der Waals surface area contributed by atoms with Crippen LogP contribution in [0.4, 0.5) is 0 Å². The maximum atomic E-state index is 14.0. The first-order valence-corrected chi connectivity index (χ1v) is 25.8. The Morgan fingerprint density at radius 2 is 1.59 bits per heavy atom. The van der Waals surface area contributed by atoms with Crippen molar-refractivity contribution >= 4 is 46.8 Å². The second kappa shape index (κ2) is 25.5. The topological polar surface area (TPSA) is 264 Å². The number of fused-ring (bicyclic) bond motifs is 1. The third-order valence-corrected chi connectivity index (χ3v) is 13.9. The van der Waals surface area contributed by atoms with E-state index in [0.717, 1.165) is 39.2 Å². The van der Waals surface area contributed by atoms with Gasteiger partial charge in [-0.15, -0.1) is 11.3 Å². The summed E-state index contributed by atoms with van der Waals surface area (Å²) in [6.07, 6.45) is 0.548. The molecule has 6 amide bonds. The monoisotopic (exact) mass is 1050 g/mol. The molecule has 1 unspecified atom stereocenters. The molecule has 4 atom stereocenters. The second-order valence-electron chi connectivity index (χ2n) is 19.8. The molecule has 1 aliphatic heterocycles. The van der Waals surface area contributed by atoms with E-state index in [9.17, 15) is 39.0 Å². The number of nitrogens with zero attached hydrogens (tertiary/aromatic N) is 4. The molecule has 2 aromatic heterocycles. The minimum Gasteiger partial charge on any atom is -0.507 e. The molecule has 6 N–H and O–H groups in total. The summed E-state index contributed by atoms with van der Waals surface area (Å²) < 4.78 is 22.2. The van der Waals surface area contributed by atoms with Crippen LogP contribution in [0.1, 0.15) is 99.7 Å². The number of carbonyl (C=O) groups excluding carboxylic acids is 6. The van der Waals surface area contributed by atoms with E-state index >= 15 is 0 Å². The number of hydrogen-bond acceptors (Lipinski definition) is 15. The van der Waals surface area contributed by atoms with Gasteiger partial charge in [0, 0.05) is 63.8 Å². The zero-order valence-electron chi connectivity index (χ0n) is 43.1. The normalized spacial score (nSPS) is 16.5. The van der Waals surface area contributed by atoms with Crippen molar-refractivity contribution in [3.05, 3.63) is 111 Å². The molecular formula is C54H66N8O12S. The number of aryl methyl sites for hydroxylation is 2. The Balaban J connectivity index is 0.751. The maximum Gasteiger partial charge on any atom is 0.273 e. The zero-order chi connectivity index (χ0) is 53.8. The summed E-state index contributed by atoms with van der Waals surface area (Å²) in [6.45, 7) is 9.28. The van der Waals surface area contributed by atoms with Crippen molar-refractivity contribution in [1.82, 2.24) is 41.2 Å². The molecule has 75 heavy (non-hydrogen) atoms. The molecule has 0 radical (unpaired) electrons. The van der Waals surface area contributed by atoms with Crippen LogP contribution in [0.25, 0.3) is 21.8 Å². The SMILES string of the molecule is Cc1ncsc1-c1ccc(CNC(=O)[C@@H]2C[C@@H](O)CN2C(=O)C(NC(=O)CCOCCOCCOCCNC(=O)c2ccc3c(c2)[C@H](NC(=O)c2cc(-c4ccc(C(=O)N(C)C)c(O)c4)on2)CC3)C(C)(C)C)cc1. The number of phenolic OH excluding ortho intramolecular Hbond substituents is 1. The molecular weight excluding hydrogens is 985 g/mol. The minimum atomic E-state index is -0.958. The Bertz CT molecular complexity index is 2820. The van der Waals surface area contributed by atoms with Crippen LogP contribution in [0.15, 0.2) is 76.8 Å². The summed E-state index contributed by atoms with van der Waals surface area (Å²) in [7, 11) is 3.17. The molecule has 1 saturated heterocycles. The van der Waals surface area contributed by atoms with Gasteiger partial charge in [-0.05, 0) is 71.7 Å². The molecule has 20 nitrogen and oxygen atoms in total. The molecule has 21 heteroatoms. The molecule has 1 aliphatic carbocycles. The highest BCUT2D eigenvalue weighted by atomic mass is 32.1. The predicted octanol–water partition coefficient (Wildman–Crippen LogP) is 4.58. The Morgan fingerprint density at radius 3 is 2.27 bits per heavy atom. The molecule has 3 heterocycles. The quantitative estimate of drug-likeness (QED) is 0.0490. The number of aromatic hydroxyl groups is 1. The highest BCUT2D eigenvalue weighted by Gasteiger charge is 2.44. The average Bonchev–Trinajstić information content (AvgIpc) is 4.22. The van der Waals surface area contributed by atoms with Crippen molar-refractivity contribution in [2.24, 2.45) is 5.41 Å². The van der Waals surface area contributed by atoms with Crippen LogP contribution < -0.4 is 21.3 Å². The summed E-state index contributed by atoms with van der Waals surface area (Å²) in [5, 5.41) is 36.5. The van der Waals surface area contributed by atoms with Gasteiger partial charge >= 0.3 is 0 Å². The average molecular weight is 1050 g/mol. The van der Waals surface area contributed by atoms with Crippen LogP contribution in [0.3, 0.4) is 0 Å². The summed E-state index contributed by atoms with van der Waals surface area (Å²) in [5.41, 5.74) is 6.88. The van der Waals surface area contributed by atoms with Crippen LogP contribution in [-0.2, 0) is 41.6 Å². The Labute approximate surface area is 439 Å². The van der Waals surface area contributed by atoms with Crippen LogP contribution in [0.2, 0.25) is 0 Å². The summed E-state index contributed by atoms with van der Waals surface area (Å²) in [4.78, 5) is 87.1. The number of benzene rings is 3. The van der Waals surface area contributed by atoms with Crippen molar-refractivity contribution in [1.29, 1.82) is 0 Å². The zero-order valence-corrected chi connectivity index (χ0v) is 43.9. The fourth-order valence-electron chi connectivity index (χ4n) is 8.81. The number of phenols is 1. The van der Waals surface area contributed by atoms with E-state index in [1.807, 2.05) is 58.0 Å². The van der Waals surface area contributed by atoms with Crippen molar-refractivity contribution in [2.45, 2.75) is 84.2 Å². The number of likely N-dealkylation sites (tertiary alicyclic amines) is 1. The van der Waals surface area contributed by atoms with E-state index in [-0.39, 0.29) is 119 Å². The van der Waals surface area contributed by atoms with E-state index < -0.39 is 41.3 Å². The summed E-state index contributed by atoms with van der Waals surface area (Å²) >= 11 is 1.56. The van der Waals surface area contributed by atoms with Gasteiger partial charge in [0.05, 0.1) is 73.4 Å². The number of thiazole rings is 1. The Kier molecular flexibility index (Phi) is 18.9. The van der Waals surface area contributed by atoms with Gasteiger partial charge in [0.15, 0.2) is 11.5 Å². The van der Waals surface area contributed by atoms with Gasteiger partial charge in [-0.1, -0.05) is 62.3 Å². The van der Waals surface area contributed by atoms with Crippen molar-refractivity contribution < 1.29 is 57.7 Å². The number of amides is 6. The molecule has 2 aliphatic rings. The highest BCUT2D eigenvalue weighted by molar-refractivity contribution is 7.13. The Morgan fingerprint density at radius 1 is 0.880 bits per heavy atom. The molecule has 0 spiro atoms. The highest BCUT2D eigenvalue weighted by Crippen LogP contribution is 2.34. The number of aliphatic hydroxyl groups excluding tert-OH is 1. The van der Waals surface area contributed by atoms with Gasteiger partial charge in [-0.3, -0.25) is 28.8 Å². The maximum absolute atomic E-state index is 14.0. The molecule has 3 aromatic carbocycles. The fraction of sp³-hybridized carbons (Fsp3) is 0.444. The van der Waals surface area contributed by atoms with Gasteiger partial charge < -0.3 is 60.0 Å². The largest absolute Gasteiger partial charge is 0.507 e.